The van der Waals surface area contributed by atoms with Crippen LogP contribution in [0.15, 0.2) is 71.6 Å². The van der Waals surface area contributed by atoms with E-state index in [1.165, 1.54) is 17.0 Å². The highest BCUT2D eigenvalue weighted by molar-refractivity contribution is 7.92. The van der Waals surface area contributed by atoms with Gasteiger partial charge in [-0.15, -0.1) is 0 Å². The lowest BCUT2D eigenvalue weighted by Crippen LogP contribution is -2.52. The van der Waals surface area contributed by atoms with Crippen molar-refractivity contribution in [2.24, 2.45) is 0 Å². The van der Waals surface area contributed by atoms with Crippen molar-refractivity contribution in [3.63, 3.8) is 0 Å². The predicted octanol–water partition coefficient (Wildman–Crippen LogP) is 6.09. The summed E-state index contributed by atoms with van der Waals surface area (Å²) >= 11 is 18.8. The maximum absolute atomic E-state index is 14.0. The van der Waals surface area contributed by atoms with E-state index in [-0.39, 0.29) is 29.1 Å². The molecule has 0 aliphatic carbocycles. The van der Waals surface area contributed by atoms with Gasteiger partial charge in [-0.1, -0.05) is 65.1 Å². The zero-order valence-corrected chi connectivity index (χ0v) is 25.1. The second kappa shape index (κ2) is 13.0. The van der Waals surface area contributed by atoms with Crippen molar-refractivity contribution in [1.29, 1.82) is 0 Å². The molecule has 0 unspecified atom stereocenters. The van der Waals surface area contributed by atoms with Gasteiger partial charge in [0, 0.05) is 27.7 Å². The first-order valence-corrected chi connectivity index (χ1v) is 14.8. The summed E-state index contributed by atoms with van der Waals surface area (Å²) in [6, 6.07) is 16.4. The van der Waals surface area contributed by atoms with Gasteiger partial charge < -0.3 is 10.2 Å². The zero-order valence-electron chi connectivity index (χ0n) is 22.0. The number of amides is 2. The summed E-state index contributed by atoms with van der Waals surface area (Å²) in [6.07, 6.45) is 0. The maximum atomic E-state index is 14.0. The highest BCUT2D eigenvalue weighted by Crippen LogP contribution is 2.31. The summed E-state index contributed by atoms with van der Waals surface area (Å²) in [5.74, 6) is -0.994. The molecule has 2 amide bonds. The summed E-state index contributed by atoms with van der Waals surface area (Å²) in [5, 5.41) is 3.89. The van der Waals surface area contributed by atoms with Crippen molar-refractivity contribution in [2.75, 3.05) is 10.8 Å². The van der Waals surface area contributed by atoms with E-state index in [4.69, 9.17) is 34.8 Å². The summed E-state index contributed by atoms with van der Waals surface area (Å²) < 4.78 is 28.7. The highest BCUT2D eigenvalue weighted by Gasteiger charge is 2.33. The minimum absolute atomic E-state index is 0.00932. The van der Waals surface area contributed by atoms with Crippen LogP contribution in [0.4, 0.5) is 5.69 Å². The van der Waals surface area contributed by atoms with E-state index in [0.29, 0.717) is 26.2 Å². The fourth-order valence-electron chi connectivity index (χ4n) is 3.92. The molecule has 11 heteroatoms. The van der Waals surface area contributed by atoms with E-state index in [9.17, 15) is 18.0 Å². The maximum Gasteiger partial charge on any atom is 0.264 e. The number of hydrogen-bond donors (Lipinski definition) is 1. The first-order valence-electron chi connectivity index (χ1n) is 12.2. The molecule has 3 aromatic carbocycles. The van der Waals surface area contributed by atoms with Crippen LogP contribution in [0.2, 0.25) is 15.1 Å². The van der Waals surface area contributed by atoms with Crippen molar-refractivity contribution >= 4 is 62.3 Å². The van der Waals surface area contributed by atoms with Gasteiger partial charge in [0.1, 0.15) is 12.6 Å². The molecular formula is C28H30Cl3N3O4S. The average Bonchev–Trinajstić information content (AvgIpc) is 2.88. The monoisotopic (exact) mass is 609 g/mol. The zero-order chi connectivity index (χ0) is 28.9. The van der Waals surface area contributed by atoms with E-state index < -0.39 is 28.5 Å². The Balaban J connectivity index is 2.09. The van der Waals surface area contributed by atoms with Gasteiger partial charge in [0.2, 0.25) is 11.8 Å². The molecule has 39 heavy (non-hydrogen) atoms. The van der Waals surface area contributed by atoms with Gasteiger partial charge in [-0.05, 0) is 75.2 Å². The standard InChI is InChI=1S/C28H30Cl3N3O4S/c1-18(2)32-28(36)20(4)33(16-21-13-14-22(29)15-25(21)31)27(35)17-34(26-12-8-11-24(30)19(26)3)39(37,38)23-9-6-5-7-10-23/h5-15,18,20H,16-17H2,1-4H3,(H,32,36)/t20-/m0/s1. The van der Waals surface area contributed by atoms with Crippen LogP contribution in [0.1, 0.15) is 31.9 Å². The third-order valence-corrected chi connectivity index (χ3v) is 8.84. The number of carbonyl (C=O) groups excluding carboxylic acids is 2. The summed E-state index contributed by atoms with van der Waals surface area (Å²) in [7, 11) is -4.19. The van der Waals surface area contributed by atoms with Gasteiger partial charge >= 0.3 is 0 Å². The third kappa shape index (κ3) is 7.45. The number of hydrogen-bond acceptors (Lipinski definition) is 4. The molecule has 0 heterocycles. The van der Waals surface area contributed by atoms with Crippen molar-refractivity contribution in [3.8, 4) is 0 Å². The number of carbonyl (C=O) groups is 2. The topological polar surface area (TPSA) is 86.8 Å². The molecule has 3 aromatic rings. The van der Waals surface area contributed by atoms with Crippen molar-refractivity contribution in [3.05, 3.63) is 92.9 Å². The van der Waals surface area contributed by atoms with E-state index in [1.807, 2.05) is 13.8 Å². The van der Waals surface area contributed by atoms with Crippen LogP contribution < -0.4 is 9.62 Å². The van der Waals surface area contributed by atoms with Gasteiger partial charge in [-0.3, -0.25) is 13.9 Å². The van der Waals surface area contributed by atoms with Crippen molar-refractivity contribution in [2.45, 2.75) is 51.2 Å². The number of halogens is 3. The predicted molar refractivity (Wildman–Crippen MR) is 157 cm³/mol. The number of nitrogens with zero attached hydrogens (tertiary/aromatic N) is 2. The summed E-state index contributed by atoms with van der Waals surface area (Å²) in [6.45, 7) is 6.25. The first-order chi connectivity index (χ1) is 18.3. The molecule has 0 fully saturated rings. The molecule has 0 bridgehead atoms. The number of nitrogens with one attached hydrogen (secondary N) is 1. The SMILES string of the molecule is Cc1c(Cl)cccc1N(CC(=O)N(Cc1ccc(Cl)cc1Cl)[C@@H](C)C(=O)NC(C)C)S(=O)(=O)c1ccccc1. The van der Waals surface area contributed by atoms with Crippen LogP contribution in [0.25, 0.3) is 0 Å². The van der Waals surface area contributed by atoms with Crippen LogP contribution in [0.3, 0.4) is 0 Å². The van der Waals surface area contributed by atoms with Crippen LogP contribution in [-0.4, -0.2) is 43.8 Å². The Morgan fingerprint density at radius 1 is 0.897 bits per heavy atom. The van der Waals surface area contributed by atoms with Gasteiger partial charge in [0.05, 0.1) is 10.6 Å². The molecule has 0 aromatic heterocycles. The fourth-order valence-corrected chi connectivity index (χ4v) is 6.05. The lowest BCUT2D eigenvalue weighted by atomic mass is 10.1. The molecule has 3 rings (SSSR count). The number of anilines is 1. The van der Waals surface area contributed by atoms with Crippen LogP contribution in [-0.2, 0) is 26.2 Å². The largest absolute Gasteiger partial charge is 0.352 e. The third-order valence-electron chi connectivity index (χ3n) is 6.07. The Bertz CT molecular complexity index is 1450. The quantitative estimate of drug-likeness (QED) is 0.301. The Kier molecular flexibility index (Phi) is 10.3. The summed E-state index contributed by atoms with van der Waals surface area (Å²) in [4.78, 5) is 28.3. The lowest BCUT2D eigenvalue weighted by Gasteiger charge is -2.33. The molecule has 0 aliphatic rings. The molecule has 0 radical (unpaired) electrons. The molecule has 1 N–H and O–H groups in total. The van der Waals surface area contributed by atoms with Crippen LogP contribution in [0.5, 0.6) is 0 Å². The first kappa shape index (κ1) is 30.8. The second-order valence-electron chi connectivity index (χ2n) is 9.31. The molecule has 1 atom stereocenters. The van der Waals surface area contributed by atoms with Gasteiger partial charge in [0.25, 0.3) is 10.0 Å². The number of benzene rings is 3. The Morgan fingerprint density at radius 2 is 1.56 bits per heavy atom. The normalized spacial score (nSPS) is 12.2. The number of sulfonamides is 1. The van der Waals surface area contributed by atoms with Crippen LogP contribution >= 0.6 is 34.8 Å². The number of rotatable bonds is 10. The van der Waals surface area contributed by atoms with E-state index in [2.05, 4.69) is 5.32 Å². The molecule has 0 saturated heterocycles. The molecular weight excluding hydrogens is 581 g/mol. The van der Waals surface area contributed by atoms with Gasteiger partial charge in [-0.2, -0.15) is 0 Å². The molecule has 0 aliphatic heterocycles. The summed E-state index contributed by atoms with van der Waals surface area (Å²) in [5.41, 5.74) is 1.29. The van der Waals surface area contributed by atoms with E-state index >= 15 is 0 Å². The van der Waals surface area contributed by atoms with Crippen molar-refractivity contribution in [1.82, 2.24) is 10.2 Å². The Morgan fingerprint density at radius 3 is 2.18 bits per heavy atom. The second-order valence-corrected chi connectivity index (χ2v) is 12.4. The lowest BCUT2D eigenvalue weighted by molar-refractivity contribution is -0.139. The van der Waals surface area contributed by atoms with E-state index in [1.54, 1.807) is 68.4 Å². The smallest absolute Gasteiger partial charge is 0.264 e. The van der Waals surface area contributed by atoms with Crippen LogP contribution in [0, 0.1) is 6.92 Å². The van der Waals surface area contributed by atoms with Gasteiger partial charge in [-0.25, -0.2) is 8.42 Å². The fraction of sp³-hybridized carbons (Fsp3) is 0.286. The van der Waals surface area contributed by atoms with Gasteiger partial charge in [0.15, 0.2) is 0 Å². The minimum atomic E-state index is -4.19. The molecule has 208 valence electrons. The Hall–Kier alpha value is -2.78. The molecule has 0 spiro atoms. The Labute approximate surface area is 244 Å². The van der Waals surface area contributed by atoms with E-state index in [0.717, 1.165) is 4.31 Å². The average molecular weight is 611 g/mol. The highest BCUT2D eigenvalue weighted by atomic mass is 35.5. The minimum Gasteiger partial charge on any atom is -0.352 e. The molecule has 7 nitrogen and oxygen atoms in total. The van der Waals surface area contributed by atoms with Crippen molar-refractivity contribution < 1.29 is 18.0 Å². The molecule has 0 saturated carbocycles.